The van der Waals surface area contributed by atoms with Crippen molar-refractivity contribution in [3.05, 3.63) is 29.8 Å². The Kier molecular flexibility index (Phi) is 6.41. The molecule has 1 aliphatic rings. The second-order valence-corrected chi connectivity index (χ2v) is 9.01. The zero-order valence-electron chi connectivity index (χ0n) is 15.3. The van der Waals surface area contributed by atoms with Crippen molar-refractivity contribution in [1.82, 2.24) is 9.62 Å². The van der Waals surface area contributed by atoms with Crippen LogP contribution in [0.4, 0.5) is 0 Å². The van der Waals surface area contributed by atoms with Gasteiger partial charge in [0, 0.05) is 6.54 Å². The van der Waals surface area contributed by atoms with E-state index in [-0.39, 0.29) is 17.4 Å². The average Bonchev–Trinajstić information content (AvgIpc) is 3.04. The van der Waals surface area contributed by atoms with Crippen LogP contribution < -0.4 is 5.32 Å². The van der Waals surface area contributed by atoms with E-state index in [9.17, 15) is 23.1 Å². The number of hydrogen-bond donors (Lipinski definition) is 2. The van der Waals surface area contributed by atoms with Crippen molar-refractivity contribution in [2.24, 2.45) is 5.92 Å². The molecule has 26 heavy (non-hydrogen) atoms. The number of carboxylic acid groups (broad SMARTS) is 1. The van der Waals surface area contributed by atoms with E-state index in [1.165, 1.54) is 16.4 Å². The Balaban J connectivity index is 2.19. The molecule has 2 N–H and O–H groups in total. The normalized spacial score (nSPS) is 19.5. The van der Waals surface area contributed by atoms with Gasteiger partial charge in [0.2, 0.25) is 15.9 Å². The lowest BCUT2D eigenvalue weighted by molar-refractivity contribution is -0.142. The van der Waals surface area contributed by atoms with Crippen molar-refractivity contribution in [3.8, 4) is 0 Å². The molecule has 1 aromatic carbocycles. The van der Waals surface area contributed by atoms with Gasteiger partial charge in [-0.1, -0.05) is 31.5 Å². The summed E-state index contributed by atoms with van der Waals surface area (Å²) in [7, 11) is -3.80. The topological polar surface area (TPSA) is 104 Å². The van der Waals surface area contributed by atoms with E-state index >= 15 is 0 Å². The van der Waals surface area contributed by atoms with Crippen LogP contribution in [0.3, 0.4) is 0 Å². The van der Waals surface area contributed by atoms with E-state index in [1.54, 1.807) is 12.1 Å². The largest absolute Gasteiger partial charge is 0.480 e. The molecule has 144 valence electrons. The van der Waals surface area contributed by atoms with E-state index in [1.807, 2.05) is 20.8 Å². The summed E-state index contributed by atoms with van der Waals surface area (Å²) in [6.45, 7) is 5.84. The number of rotatable bonds is 7. The minimum absolute atomic E-state index is 0.0902. The number of carbonyl (C=O) groups is 2. The minimum atomic E-state index is -3.80. The first-order chi connectivity index (χ1) is 12.1. The molecule has 2 atom stereocenters. The molecule has 8 heteroatoms. The van der Waals surface area contributed by atoms with Crippen molar-refractivity contribution in [3.63, 3.8) is 0 Å². The number of benzene rings is 1. The summed E-state index contributed by atoms with van der Waals surface area (Å²) >= 11 is 0. The molecule has 0 aromatic heterocycles. The van der Waals surface area contributed by atoms with Gasteiger partial charge in [0.05, 0.1) is 4.90 Å². The smallest absolute Gasteiger partial charge is 0.326 e. The maximum Gasteiger partial charge on any atom is 0.326 e. The first-order valence-corrected chi connectivity index (χ1v) is 10.2. The predicted molar refractivity (Wildman–Crippen MR) is 97.1 cm³/mol. The van der Waals surface area contributed by atoms with Crippen molar-refractivity contribution in [2.75, 3.05) is 6.54 Å². The molecule has 1 saturated heterocycles. The molecule has 7 nitrogen and oxygen atoms in total. The van der Waals surface area contributed by atoms with Crippen molar-refractivity contribution >= 4 is 21.9 Å². The fourth-order valence-electron chi connectivity index (χ4n) is 3.10. The third kappa shape index (κ3) is 4.62. The Morgan fingerprint density at radius 3 is 2.42 bits per heavy atom. The molecular weight excluding hydrogens is 356 g/mol. The van der Waals surface area contributed by atoms with Crippen LogP contribution in [0.5, 0.6) is 0 Å². The van der Waals surface area contributed by atoms with Crippen LogP contribution in [0.1, 0.15) is 38.7 Å². The number of sulfonamides is 1. The Morgan fingerprint density at radius 2 is 1.88 bits per heavy atom. The first-order valence-electron chi connectivity index (χ1n) is 8.74. The van der Waals surface area contributed by atoms with Crippen molar-refractivity contribution in [2.45, 2.75) is 57.0 Å². The second kappa shape index (κ2) is 8.18. The molecule has 1 fully saturated rings. The van der Waals surface area contributed by atoms with Gasteiger partial charge >= 0.3 is 5.97 Å². The van der Waals surface area contributed by atoms with Gasteiger partial charge in [-0.15, -0.1) is 0 Å². The number of carboxylic acids is 1. The van der Waals surface area contributed by atoms with E-state index in [2.05, 4.69) is 5.32 Å². The first kappa shape index (κ1) is 20.4. The van der Waals surface area contributed by atoms with Crippen LogP contribution >= 0.6 is 0 Å². The fraction of sp³-hybridized carbons (Fsp3) is 0.556. The number of aliphatic carboxylic acids is 1. The average molecular weight is 382 g/mol. The van der Waals surface area contributed by atoms with Gasteiger partial charge in [0.15, 0.2) is 0 Å². The summed E-state index contributed by atoms with van der Waals surface area (Å²) in [6, 6.07) is 4.57. The molecule has 1 aromatic rings. The molecule has 2 rings (SSSR count). The molecule has 0 spiro atoms. The number of carbonyl (C=O) groups excluding carboxylic acids is 1. The number of aryl methyl sites for hydroxylation is 1. The lowest BCUT2D eigenvalue weighted by Crippen LogP contribution is -2.51. The fourth-order valence-corrected chi connectivity index (χ4v) is 4.75. The molecule has 0 aliphatic carbocycles. The number of amides is 1. The summed E-state index contributed by atoms with van der Waals surface area (Å²) in [6.07, 6.45) is 1.23. The van der Waals surface area contributed by atoms with Crippen LogP contribution in [-0.4, -0.2) is 48.3 Å². The Morgan fingerprint density at radius 1 is 1.27 bits per heavy atom. The standard InChI is InChI=1S/C18H26N2O5S/c1-12(2)11-15(18(22)23)19-17(21)16-5-4-10-20(16)26(24,25)14-8-6-13(3)7-9-14/h6-9,12,15-16H,4-5,10-11H2,1-3H3,(H,19,21)(H,22,23)/t15-,16-/m0/s1. The zero-order valence-corrected chi connectivity index (χ0v) is 16.1. The highest BCUT2D eigenvalue weighted by Gasteiger charge is 2.40. The highest BCUT2D eigenvalue weighted by atomic mass is 32.2. The van der Waals surface area contributed by atoms with Crippen LogP contribution in [0.2, 0.25) is 0 Å². The quantitative estimate of drug-likeness (QED) is 0.748. The summed E-state index contributed by atoms with van der Waals surface area (Å²) < 4.78 is 27.0. The Labute approximate surface area is 154 Å². The predicted octanol–water partition coefficient (Wildman–Crippen LogP) is 1.76. The van der Waals surface area contributed by atoms with E-state index in [4.69, 9.17) is 0 Å². The lowest BCUT2D eigenvalue weighted by atomic mass is 10.0. The van der Waals surface area contributed by atoms with E-state index < -0.39 is 34.0 Å². The summed E-state index contributed by atoms with van der Waals surface area (Å²) in [5.74, 6) is -1.57. The molecule has 0 unspecified atom stereocenters. The molecule has 0 bridgehead atoms. The maximum atomic E-state index is 12.9. The van der Waals surface area contributed by atoms with Crippen molar-refractivity contribution < 1.29 is 23.1 Å². The highest BCUT2D eigenvalue weighted by molar-refractivity contribution is 7.89. The lowest BCUT2D eigenvalue weighted by Gasteiger charge is -2.25. The van der Waals surface area contributed by atoms with Gasteiger partial charge in [-0.05, 0) is 44.2 Å². The minimum Gasteiger partial charge on any atom is -0.480 e. The third-order valence-electron chi connectivity index (χ3n) is 4.46. The summed E-state index contributed by atoms with van der Waals surface area (Å²) in [4.78, 5) is 24.1. The number of nitrogens with zero attached hydrogens (tertiary/aromatic N) is 1. The van der Waals surface area contributed by atoms with Gasteiger partial charge in [-0.25, -0.2) is 13.2 Å². The molecule has 0 saturated carbocycles. The zero-order chi connectivity index (χ0) is 19.5. The SMILES string of the molecule is Cc1ccc(S(=O)(=O)N2CCC[C@H]2C(=O)N[C@@H](CC(C)C)C(=O)O)cc1. The monoisotopic (exact) mass is 382 g/mol. The van der Waals surface area contributed by atoms with Gasteiger partial charge in [0.25, 0.3) is 0 Å². The van der Waals surface area contributed by atoms with Gasteiger partial charge in [0.1, 0.15) is 12.1 Å². The van der Waals surface area contributed by atoms with Crippen LogP contribution in [0.15, 0.2) is 29.2 Å². The second-order valence-electron chi connectivity index (χ2n) is 7.12. The van der Waals surface area contributed by atoms with Gasteiger partial charge in [-0.3, -0.25) is 4.79 Å². The van der Waals surface area contributed by atoms with Gasteiger partial charge in [-0.2, -0.15) is 4.31 Å². The number of hydrogen-bond acceptors (Lipinski definition) is 4. The molecule has 1 amide bonds. The number of nitrogens with one attached hydrogen (secondary N) is 1. The molecule has 1 heterocycles. The molecular formula is C18H26N2O5S. The molecule has 1 aliphatic heterocycles. The maximum absolute atomic E-state index is 12.9. The third-order valence-corrected chi connectivity index (χ3v) is 6.38. The molecule has 0 radical (unpaired) electrons. The highest BCUT2D eigenvalue weighted by Crippen LogP contribution is 2.26. The van der Waals surface area contributed by atoms with Gasteiger partial charge < -0.3 is 10.4 Å². The van der Waals surface area contributed by atoms with Crippen LogP contribution in [0.25, 0.3) is 0 Å². The Hall–Kier alpha value is -1.93. The summed E-state index contributed by atoms with van der Waals surface area (Å²) in [5, 5.41) is 11.8. The van der Waals surface area contributed by atoms with E-state index in [0.29, 0.717) is 19.3 Å². The van der Waals surface area contributed by atoms with Crippen LogP contribution in [0, 0.1) is 12.8 Å². The van der Waals surface area contributed by atoms with Crippen LogP contribution in [-0.2, 0) is 19.6 Å². The van der Waals surface area contributed by atoms with Crippen molar-refractivity contribution in [1.29, 1.82) is 0 Å². The Bertz CT molecular complexity index is 758. The summed E-state index contributed by atoms with van der Waals surface area (Å²) in [5.41, 5.74) is 0.942. The van der Waals surface area contributed by atoms with E-state index in [0.717, 1.165) is 5.56 Å².